The molecule has 2 saturated heterocycles. The molecule has 2 aliphatic heterocycles. The number of hydrogen-bond acceptors (Lipinski definition) is 5. The van der Waals surface area contributed by atoms with Crippen LogP contribution in [-0.2, 0) is 4.79 Å². The van der Waals surface area contributed by atoms with Gasteiger partial charge in [-0.3, -0.25) is 4.79 Å². The molecule has 5 rings (SSSR count). The van der Waals surface area contributed by atoms with E-state index in [0.29, 0.717) is 22.8 Å². The first kappa shape index (κ1) is 18.6. The highest BCUT2D eigenvalue weighted by Crippen LogP contribution is 2.46. The molecule has 3 aliphatic rings. The van der Waals surface area contributed by atoms with E-state index in [-0.39, 0.29) is 18.0 Å². The summed E-state index contributed by atoms with van der Waals surface area (Å²) in [5.41, 5.74) is 3.76. The molecule has 3 fully saturated rings. The molecule has 4 unspecified atom stereocenters. The van der Waals surface area contributed by atoms with E-state index >= 15 is 0 Å². The second kappa shape index (κ2) is 8.13. The molecular weight excluding hydrogens is 380 g/mol. The van der Waals surface area contributed by atoms with E-state index in [4.69, 9.17) is 5.10 Å². The van der Waals surface area contributed by atoms with Gasteiger partial charge in [-0.05, 0) is 24.0 Å². The second-order valence-electron chi connectivity index (χ2n) is 7.85. The predicted molar refractivity (Wildman–Crippen MR) is 118 cm³/mol. The molecule has 2 aromatic rings. The van der Waals surface area contributed by atoms with Crippen molar-refractivity contribution in [2.24, 2.45) is 22.0 Å². The van der Waals surface area contributed by atoms with Crippen molar-refractivity contribution in [3.8, 4) is 0 Å². The number of carbonyl (C=O) groups is 1. The van der Waals surface area contributed by atoms with Gasteiger partial charge in [-0.2, -0.15) is 5.10 Å². The number of thioether (sulfide) groups is 1. The van der Waals surface area contributed by atoms with Crippen LogP contribution in [0.25, 0.3) is 0 Å². The van der Waals surface area contributed by atoms with Gasteiger partial charge in [0, 0.05) is 23.9 Å². The van der Waals surface area contributed by atoms with E-state index in [1.807, 2.05) is 0 Å². The zero-order valence-electron chi connectivity index (χ0n) is 16.1. The SMILES string of the molecule is O=C1CS/C(=N\N=C2C3CCCC2C(c2ccccc2)NC3c2ccccc2)N1. The maximum Gasteiger partial charge on any atom is 0.236 e. The van der Waals surface area contributed by atoms with Crippen LogP contribution in [-0.4, -0.2) is 22.5 Å². The Kier molecular flexibility index (Phi) is 5.21. The summed E-state index contributed by atoms with van der Waals surface area (Å²) in [4.78, 5) is 11.5. The molecule has 2 aromatic carbocycles. The number of amides is 1. The van der Waals surface area contributed by atoms with Crippen LogP contribution in [0.3, 0.4) is 0 Å². The van der Waals surface area contributed by atoms with Gasteiger partial charge >= 0.3 is 0 Å². The van der Waals surface area contributed by atoms with Crippen LogP contribution in [0.15, 0.2) is 70.9 Å². The van der Waals surface area contributed by atoms with Gasteiger partial charge in [0.15, 0.2) is 5.17 Å². The second-order valence-corrected chi connectivity index (χ2v) is 8.82. The Morgan fingerprint density at radius 2 is 1.41 bits per heavy atom. The predicted octanol–water partition coefficient (Wildman–Crippen LogP) is 4.06. The summed E-state index contributed by atoms with van der Waals surface area (Å²) in [5.74, 6) is 1.08. The third-order valence-electron chi connectivity index (χ3n) is 6.11. The summed E-state index contributed by atoms with van der Waals surface area (Å²) in [7, 11) is 0. The maximum atomic E-state index is 11.5. The summed E-state index contributed by atoms with van der Waals surface area (Å²) < 4.78 is 0. The number of nitrogens with zero attached hydrogens (tertiary/aromatic N) is 2. The molecule has 29 heavy (non-hydrogen) atoms. The van der Waals surface area contributed by atoms with Crippen molar-refractivity contribution < 1.29 is 4.79 Å². The highest BCUT2D eigenvalue weighted by molar-refractivity contribution is 8.15. The van der Waals surface area contributed by atoms with Crippen molar-refractivity contribution in [3.05, 3.63) is 71.8 Å². The van der Waals surface area contributed by atoms with Gasteiger partial charge in [0.2, 0.25) is 5.91 Å². The van der Waals surface area contributed by atoms with Crippen LogP contribution in [0, 0.1) is 11.8 Å². The van der Waals surface area contributed by atoms with Gasteiger partial charge < -0.3 is 10.6 Å². The molecule has 2 heterocycles. The van der Waals surface area contributed by atoms with E-state index in [2.05, 4.69) is 76.4 Å². The van der Waals surface area contributed by atoms with E-state index in [1.165, 1.54) is 35.0 Å². The van der Waals surface area contributed by atoms with Crippen LogP contribution in [0.4, 0.5) is 0 Å². The third kappa shape index (κ3) is 3.74. The van der Waals surface area contributed by atoms with Crippen LogP contribution < -0.4 is 10.6 Å². The lowest BCUT2D eigenvalue weighted by molar-refractivity contribution is -0.116. The molecule has 5 nitrogen and oxygen atoms in total. The van der Waals surface area contributed by atoms with Gasteiger partial charge in [-0.1, -0.05) is 78.8 Å². The quantitative estimate of drug-likeness (QED) is 0.758. The normalized spacial score (nSPS) is 30.3. The van der Waals surface area contributed by atoms with Crippen molar-refractivity contribution in [1.29, 1.82) is 0 Å². The summed E-state index contributed by atoms with van der Waals surface area (Å²) in [5, 5.41) is 16.6. The zero-order valence-corrected chi connectivity index (χ0v) is 16.9. The number of nitrogens with one attached hydrogen (secondary N) is 2. The number of piperidine rings is 1. The molecule has 4 atom stereocenters. The first-order chi connectivity index (χ1) is 14.3. The molecule has 6 heteroatoms. The number of hydrogen-bond donors (Lipinski definition) is 2. The van der Waals surface area contributed by atoms with Crippen molar-refractivity contribution in [2.45, 2.75) is 31.3 Å². The summed E-state index contributed by atoms with van der Waals surface area (Å²) in [6.45, 7) is 0. The topological polar surface area (TPSA) is 65.8 Å². The minimum Gasteiger partial charge on any atom is -0.303 e. The average molecular weight is 405 g/mol. The number of amidine groups is 1. The molecule has 1 saturated carbocycles. The molecule has 2 bridgehead atoms. The van der Waals surface area contributed by atoms with Gasteiger partial charge in [0.05, 0.1) is 11.5 Å². The Labute approximate surface area is 175 Å². The fourth-order valence-electron chi connectivity index (χ4n) is 4.84. The molecular formula is C23H24N4OS. The number of carbonyl (C=O) groups excluding carboxylic acids is 1. The first-order valence-corrected chi connectivity index (χ1v) is 11.2. The molecule has 1 amide bonds. The minimum absolute atomic E-state index is 0.00350. The largest absolute Gasteiger partial charge is 0.303 e. The van der Waals surface area contributed by atoms with E-state index in [0.717, 1.165) is 12.8 Å². The standard InChI is InChI=1S/C23H24N4OS/c28-19-14-29-23(24-19)27-26-22-17-12-7-13-18(22)21(16-10-5-2-6-11-16)25-20(17)15-8-3-1-4-9-15/h1-6,8-11,17-18,20-21,25H,7,12-14H2,(H,24,27,28). The first-order valence-electron chi connectivity index (χ1n) is 10.2. The van der Waals surface area contributed by atoms with Gasteiger partial charge in [0.1, 0.15) is 0 Å². The summed E-state index contributed by atoms with van der Waals surface area (Å²) in [6, 6.07) is 21.8. The lowest BCUT2D eigenvalue weighted by Crippen LogP contribution is -2.50. The third-order valence-corrected chi connectivity index (χ3v) is 6.98. The Morgan fingerprint density at radius 1 is 0.828 bits per heavy atom. The molecule has 0 aromatic heterocycles. The average Bonchev–Trinajstić information content (AvgIpc) is 3.18. The number of rotatable bonds is 3. The number of benzene rings is 2. The van der Waals surface area contributed by atoms with E-state index < -0.39 is 0 Å². The van der Waals surface area contributed by atoms with Crippen molar-refractivity contribution >= 4 is 28.5 Å². The minimum atomic E-state index is 0.00350. The maximum absolute atomic E-state index is 11.5. The van der Waals surface area contributed by atoms with E-state index in [9.17, 15) is 4.79 Å². The lowest BCUT2D eigenvalue weighted by Gasteiger charge is -2.47. The van der Waals surface area contributed by atoms with Crippen LogP contribution in [0.1, 0.15) is 42.5 Å². The van der Waals surface area contributed by atoms with Crippen LogP contribution in [0.2, 0.25) is 0 Å². The van der Waals surface area contributed by atoms with Crippen LogP contribution >= 0.6 is 11.8 Å². The monoisotopic (exact) mass is 404 g/mol. The number of fused-ring (bicyclic) bond motifs is 2. The molecule has 2 N–H and O–H groups in total. The highest BCUT2D eigenvalue weighted by atomic mass is 32.2. The molecule has 1 aliphatic carbocycles. The van der Waals surface area contributed by atoms with Crippen molar-refractivity contribution in [1.82, 2.24) is 10.6 Å². The Hall–Kier alpha value is -2.44. The molecule has 148 valence electrons. The van der Waals surface area contributed by atoms with Crippen LogP contribution in [0.5, 0.6) is 0 Å². The smallest absolute Gasteiger partial charge is 0.236 e. The van der Waals surface area contributed by atoms with Crippen molar-refractivity contribution in [2.75, 3.05) is 5.75 Å². The van der Waals surface area contributed by atoms with Crippen molar-refractivity contribution in [3.63, 3.8) is 0 Å². The van der Waals surface area contributed by atoms with E-state index in [1.54, 1.807) is 0 Å². The Morgan fingerprint density at radius 3 is 1.93 bits per heavy atom. The Balaban J connectivity index is 1.56. The fourth-order valence-corrected chi connectivity index (χ4v) is 5.46. The fraction of sp³-hybridized carbons (Fsp3) is 0.348. The Bertz CT molecular complexity index is 888. The summed E-state index contributed by atoms with van der Waals surface area (Å²) >= 11 is 1.43. The zero-order chi connectivity index (χ0) is 19.6. The molecule has 0 spiro atoms. The van der Waals surface area contributed by atoms with Gasteiger partial charge in [0.25, 0.3) is 0 Å². The van der Waals surface area contributed by atoms with Gasteiger partial charge in [-0.15, -0.1) is 5.10 Å². The lowest BCUT2D eigenvalue weighted by atomic mass is 9.67. The summed E-state index contributed by atoms with van der Waals surface area (Å²) in [6.07, 6.45) is 3.41. The van der Waals surface area contributed by atoms with Gasteiger partial charge in [-0.25, -0.2) is 0 Å². The highest BCUT2D eigenvalue weighted by Gasteiger charge is 2.45. The molecule has 0 radical (unpaired) electrons.